The molecule has 0 bridgehead atoms. The first-order chi connectivity index (χ1) is 9.86. The third kappa shape index (κ3) is 2.54. The van der Waals surface area contributed by atoms with Crippen molar-refractivity contribution < 1.29 is 4.39 Å². The largest absolute Gasteiger partial charge is 0.367 e. The van der Waals surface area contributed by atoms with Gasteiger partial charge in [-0.3, -0.25) is 0 Å². The topological polar surface area (TPSA) is 59.5 Å². The Hall–Kier alpha value is -1.85. The molecule has 6 heteroatoms. The molecule has 0 aliphatic carbocycles. The molecule has 2 aromatic rings. The summed E-state index contributed by atoms with van der Waals surface area (Å²) in [6, 6.07) is 1.53. The zero-order chi connectivity index (χ0) is 15.2. The van der Waals surface area contributed by atoms with E-state index < -0.39 is 0 Å². The van der Waals surface area contributed by atoms with Gasteiger partial charge >= 0.3 is 0 Å². The van der Waals surface area contributed by atoms with Crippen molar-refractivity contribution in [1.29, 1.82) is 0 Å². The number of nitrogen functional groups attached to an aromatic ring is 1. The van der Waals surface area contributed by atoms with E-state index in [-0.39, 0.29) is 11.8 Å². The van der Waals surface area contributed by atoms with Crippen LogP contribution in [0.2, 0.25) is 0 Å². The van der Waals surface area contributed by atoms with Crippen molar-refractivity contribution in [3.05, 3.63) is 18.1 Å². The lowest BCUT2D eigenvalue weighted by Crippen LogP contribution is -2.38. The molecule has 0 amide bonds. The van der Waals surface area contributed by atoms with Crippen LogP contribution < -0.4 is 10.6 Å². The van der Waals surface area contributed by atoms with E-state index in [9.17, 15) is 4.39 Å². The van der Waals surface area contributed by atoms with Crippen LogP contribution in [0, 0.1) is 17.2 Å². The fraction of sp³-hybridized carbons (Fsp3) is 0.600. The van der Waals surface area contributed by atoms with Crippen molar-refractivity contribution in [2.45, 2.75) is 33.6 Å². The third-order valence-corrected chi connectivity index (χ3v) is 4.51. The van der Waals surface area contributed by atoms with Gasteiger partial charge in [-0.15, -0.1) is 5.10 Å². The summed E-state index contributed by atoms with van der Waals surface area (Å²) in [5.41, 5.74) is 6.32. The van der Waals surface area contributed by atoms with Crippen molar-refractivity contribution in [1.82, 2.24) is 14.6 Å². The standard InChI is InChI=1S/C15H22FN5/c1-15(2,3)10-4-6-20(7-5-10)13-8-11(16)12-9-18-14(17)19-21(12)13/h8-10H,4-7H2,1-3H3,(H2,17,19). The normalized spacial score (nSPS) is 17.6. The number of hydrogen-bond acceptors (Lipinski definition) is 4. The quantitative estimate of drug-likeness (QED) is 0.877. The van der Waals surface area contributed by atoms with Crippen molar-refractivity contribution in [2.75, 3.05) is 23.7 Å². The second kappa shape index (κ2) is 4.86. The van der Waals surface area contributed by atoms with Gasteiger partial charge < -0.3 is 10.6 Å². The van der Waals surface area contributed by atoms with Crippen LogP contribution in [0.1, 0.15) is 33.6 Å². The summed E-state index contributed by atoms with van der Waals surface area (Å²) in [7, 11) is 0. The molecule has 0 saturated carbocycles. The number of piperidine rings is 1. The van der Waals surface area contributed by atoms with Gasteiger partial charge in [0.15, 0.2) is 5.82 Å². The smallest absolute Gasteiger partial charge is 0.238 e. The monoisotopic (exact) mass is 291 g/mol. The second-order valence-corrected chi connectivity index (χ2v) is 6.89. The molecule has 0 aromatic carbocycles. The molecule has 2 aromatic heterocycles. The number of anilines is 2. The molecule has 0 unspecified atom stereocenters. The van der Waals surface area contributed by atoms with Crippen LogP contribution in [0.5, 0.6) is 0 Å². The fourth-order valence-corrected chi connectivity index (χ4v) is 3.15. The highest BCUT2D eigenvalue weighted by Crippen LogP contribution is 2.36. The molecular weight excluding hydrogens is 269 g/mol. The maximum absolute atomic E-state index is 14.0. The van der Waals surface area contributed by atoms with E-state index >= 15 is 0 Å². The van der Waals surface area contributed by atoms with Gasteiger partial charge in [-0.25, -0.2) is 13.9 Å². The van der Waals surface area contributed by atoms with Crippen molar-refractivity contribution in [3.8, 4) is 0 Å². The summed E-state index contributed by atoms with van der Waals surface area (Å²) in [4.78, 5) is 6.04. The summed E-state index contributed by atoms with van der Waals surface area (Å²) in [5.74, 6) is 1.32. The van der Waals surface area contributed by atoms with Gasteiger partial charge in [0.25, 0.3) is 0 Å². The van der Waals surface area contributed by atoms with Crippen LogP contribution >= 0.6 is 0 Å². The molecule has 0 radical (unpaired) electrons. The molecule has 21 heavy (non-hydrogen) atoms. The molecule has 5 nitrogen and oxygen atoms in total. The minimum absolute atomic E-state index is 0.156. The predicted molar refractivity (Wildman–Crippen MR) is 81.7 cm³/mol. The Labute approximate surface area is 124 Å². The Morgan fingerprint density at radius 2 is 1.95 bits per heavy atom. The van der Waals surface area contributed by atoms with Gasteiger partial charge in [0.2, 0.25) is 5.95 Å². The summed E-state index contributed by atoms with van der Waals surface area (Å²) in [6.45, 7) is 8.68. The summed E-state index contributed by atoms with van der Waals surface area (Å²) >= 11 is 0. The van der Waals surface area contributed by atoms with Crippen molar-refractivity contribution in [3.63, 3.8) is 0 Å². The minimum atomic E-state index is -0.303. The number of aromatic nitrogens is 3. The summed E-state index contributed by atoms with van der Waals surface area (Å²) in [5, 5.41) is 4.14. The number of rotatable bonds is 1. The Morgan fingerprint density at radius 1 is 1.29 bits per heavy atom. The zero-order valence-electron chi connectivity index (χ0n) is 12.8. The highest BCUT2D eigenvalue weighted by molar-refractivity contribution is 5.58. The molecule has 1 aliphatic heterocycles. The van der Waals surface area contributed by atoms with E-state index in [1.165, 1.54) is 12.3 Å². The van der Waals surface area contributed by atoms with E-state index in [0.29, 0.717) is 16.8 Å². The average Bonchev–Trinajstić information content (AvgIpc) is 2.75. The first kappa shape index (κ1) is 14.1. The number of fused-ring (bicyclic) bond motifs is 1. The molecule has 1 fully saturated rings. The Bertz CT molecular complexity index is 650. The Kier molecular flexibility index (Phi) is 3.26. The first-order valence-corrected chi connectivity index (χ1v) is 7.41. The lowest BCUT2D eigenvalue weighted by molar-refractivity contribution is 0.198. The van der Waals surface area contributed by atoms with Gasteiger partial charge in [0.1, 0.15) is 11.3 Å². The molecule has 3 heterocycles. The van der Waals surface area contributed by atoms with E-state index in [0.717, 1.165) is 31.7 Å². The van der Waals surface area contributed by atoms with Crippen LogP contribution in [0.3, 0.4) is 0 Å². The van der Waals surface area contributed by atoms with Crippen molar-refractivity contribution >= 4 is 17.3 Å². The lowest BCUT2D eigenvalue weighted by atomic mass is 9.75. The molecule has 2 N–H and O–H groups in total. The van der Waals surface area contributed by atoms with Crippen LogP contribution in [0.4, 0.5) is 16.2 Å². The number of hydrogen-bond donors (Lipinski definition) is 1. The van der Waals surface area contributed by atoms with Gasteiger partial charge in [-0.05, 0) is 24.2 Å². The van der Waals surface area contributed by atoms with Crippen LogP contribution in [0.25, 0.3) is 5.52 Å². The molecular formula is C15H22FN5. The first-order valence-electron chi connectivity index (χ1n) is 7.41. The number of halogens is 1. The SMILES string of the molecule is CC(C)(C)C1CCN(c2cc(F)c3cnc(N)nn23)CC1. The van der Waals surface area contributed by atoms with Gasteiger partial charge in [-0.2, -0.15) is 0 Å². The molecule has 1 aliphatic rings. The van der Waals surface area contributed by atoms with Crippen LogP contribution in [-0.4, -0.2) is 27.7 Å². The summed E-state index contributed by atoms with van der Waals surface area (Å²) < 4.78 is 15.6. The maximum Gasteiger partial charge on any atom is 0.238 e. The maximum atomic E-state index is 14.0. The molecule has 114 valence electrons. The molecule has 0 atom stereocenters. The Balaban J connectivity index is 1.87. The fourth-order valence-electron chi connectivity index (χ4n) is 3.15. The summed E-state index contributed by atoms with van der Waals surface area (Å²) in [6.07, 6.45) is 3.65. The molecule has 3 rings (SSSR count). The van der Waals surface area contributed by atoms with Gasteiger partial charge in [0.05, 0.1) is 6.20 Å². The minimum Gasteiger partial charge on any atom is -0.367 e. The van der Waals surface area contributed by atoms with Gasteiger partial charge in [0, 0.05) is 19.2 Å². The van der Waals surface area contributed by atoms with E-state index in [2.05, 4.69) is 35.8 Å². The van der Waals surface area contributed by atoms with Crippen LogP contribution in [-0.2, 0) is 0 Å². The highest BCUT2D eigenvalue weighted by Gasteiger charge is 2.30. The Morgan fingerprint density at radius 3 is 2.57 bits per heavy atom. The predicted octanol–water partition coefficient (Wildman–Crippen LogP) is 2.71. The van der Waals surface area contributed by atoms with E-state index in [1.807, 2.05) is 0 Å². The van der Waals surface area contributed by atoms with Crippen molar-refractivity contribution in [2.24, 2.45) is 11.3 Å². The highest BCUT2D eigenvalue weighted by atomic mass is 19.1. The van der Waals surface area contributed by atoms with E-state index in [4.69, 9.17) is 5.73 Å². The zero-order valence-corrected chi connectivity index (χ0v) is 12.8. The average molecular weight is 291 g/mol. The second-order valence-electron chi connectivity index (χ2n) is 6.89. The third-order valence-electron chi connectivity index (χ3n) is 4.51. The van der Waals surface area contributed by atoms with Gasteiger partial charge in [-0.1, -0.05) is 20.8 Å². The molecule has 0 spiro atoms. The number of nitrogens with zero attached hydrogens (tertiary/aromatic N) is 4. The van der Waals surface area contributed by atoms with Crippen LogP contribution in [0.15, 0.2) is 12.3 Å². The lowest BCUT2D eigenvalue weighted by Gasteiger charge is -2.39. The number of nitrogens with two attached hydrogens (primary N) is 1. The van der Waals surface area contributed by atoms with E-state index in [1.54, 1.807) is 4.52 Å². The molecule has 1 saturated heterocycles.